The van der Waals surface area contributed by atoms with Crippen LogP contribution < -0.4 is 5.32 Å². The maximum atomic E-state index is 12.5. The van der Waals surface area contributed by atoms with Crippen LogP contribution in [0.1, 0.15) is 38.5 Å². The highest BCUT2D eigenvalue weighted by atomic mass is 16.5. The van der Waals surface area contributed by atoms with E-state index < -0.39 is 29.8 Å². The van der Waals surface area contributed by atoms with E-state index in [0.717, 1.165) is 0 Å². The van der Waals surface area contributed by atoms with Gasteiger partial charge in [0.25, 0.3) is 5.91 Å². The van der Waals surface area contributed by atoms with Crippen LogP contribution in [-0.4, -0.2) is 53.1 Å². The molecule has 1 aromatic heterocycles. The Bertz CT molecular complexity index is 606. The lowest BCUT2D eigenvalue weighted by molar-refractivity contribution is -0.152. The zero-order valence-corrected chi connectivity index (χ0v) is 14.4. The van der Waals surface area contributed by atoms with Gasteiger partial charge in [0, 0.05) is 19.7 Å². The van der Waals surface area contributed by atoms with Gasteiger partial charge in [-0.2, -0.15) is 0 Å². The molecule has 1 aromatic rings. The number of carbonyl (C=O) groups excluding carboxylic acids is 3. The normalized spacial score (nSPS) is 13.0. The van der Waals surface area contributed by atoms with Crippen molar-refractivity contribution in [3.8, 4) is 0 Å². The summed E-state index contributed by atoms with van der Waals surface area (Å²) in [7, 11) is 1.34. The van der Waals surface area contributed by atoms with Crippen molar-refractivity contribution in [3.63, 3.8) is 0 Å². The molecule has 0 bridgehead atoms. The van der Waals surface area contributed by atoms with E-state index in [9.17, 15) is 14.4 Å². The van der Waals surface area contributed by atoms with E-state index >= 15 is 0 Å². The molecule has 0 unspecified atom stereocenters. The fraction of sp³-hybridized carbons (Fsp3) is 0.500. The minimum absolute atomic E-state index is 0.0196. The maximum absolute atomic E-state index is 12.5. The third-order valence-electron chi connectivity index (χ3n) is 3.14. The van der Waals surface area contributed by atoms with Crippen LogP contribution >= 0.6 is 0 Å². The molecule has 1 heterocycles. The first-order valence-corrected chi connectivity index (χ1v) is 7.71. The van der Waals surface area contributed by atoms with Crippen molar-refractivity contribution in [2.45, 2.75) is 44.9 Å². The van der Waals surface area contributed by atoms with E-state index in [1.165, 1.54) is 25.7 Å². The molecule has 0 spiro atoms. The molecule has 9 heteroatoms. The number of ketones is 1. The third-order valence-corrected chi connectivity index (χ3v) is 3.14. The molecule has 0 saturated heterocycles. The first-order valence-electron chi connectivity index (χ1n) is 7.71. The Hall–Kier alpha value is -2.68. The minimum Gasteiger partial charge on any atom is -0.461 e. The van der Waals surface area contributed by atoms with E-state index in [-0.39, 0.29) is 18.9 Å². The van der Waals surface area contributed by atoms with Crippen molar-refractivity contribution in [2.24, 2.45) is 0 Å². The Labute approximate surface area is 145 Å². The van der Waals surface area contributed by atoms with E-state index in [0.29, 0.717) is 11.9 Å². The molecule has 9 nitrogen and oxygen atoms in total. The van der Waals surface area contributed by atoms with Crippen LogP contribution in [0.25, 0.3) is 0 Å². The molecule has 0 fully saturated rings. The number of hydrogen-bond acceptors (Lipinski definition) is 8. The summed E-state index contributed by atoms with van der Waals surface area (Å²) in [5.41, 5.74) is 0.335. The van der Waals surface area contributed by atoms with Crippen molar-refractivity contribution in [1.82, 2.24) is 15.3 Å². The second-order valence-corrected chi connectivity index (χ2v) is 5.45. The Morgan fingerprint density at radius 1 is 1.36 bits per heavy atom. The van der Waals surface area contributed by atoms with Crippen LogP contribution in [0.2, 0.25) is 0 Å². The molecule has 1 rings (SSSR count). The Morgan fingerprint density at radius 3 is 2.60 bits per heavy atom. The van der Waals surface area contributed by atoms with Crippen molar-refractivity contribution in [3.05, 3.63) is 24.3 Å². The first-order chi connectivity index (χ1) is 11.9. The number of carbonyl (C=O) groups is 3. The molecule has 2 atom stereocenters. The predicted octanol–water partition coefficient (Wildman–Crippen LogP) is 0.599. The standard InChI is InChI=1S/C16H22N4O5/c1-10(2)25-16(23)13(5-4-11(21)8-17)20-15(22)14(24-3)12-6-7-18-9-19-12/h6-10,13-14,17H,4-5H2,1-3H3,(H,20,22)/t13-,14+/m0/s1. The Morgan fingerprint density at radius 2 is 2.08 bits per heavy atom. The van der Waals surface area contributed by atoms with E-state index in [2.05, 4.69) is 15.3 Å². The minimum atomic E-state index is -1.03. The highest BCUT2D eigenvalue weighted by molar-refractivity contribution is 6.26. The zero-order chi connectivity index (χ0) is 18.8. The smallest absolute Gasteiger partial charge is 0.328 e. The van der Waals surface area contributed by atoms with E-state index in [1.54, 1.807) is 13.8 Å². The van der Waals surface area contributed by atoms with Gasteiger partial charge in [-0.3, -0.25) is 9.59 Å². The highest BCUT2D eigenvalue weighted by Crippen LogP contribution is 2.14. The highest BCUT2D eigenvalue weighted by Gasteiger charge is 2.29. The van der Waals surface area contributed by atoms with Crippen LogP contribution in [0.4, 0.5) is 0 Å². The number of amides is 1. The number of hydrogen-bond donors (Lipinski definition) is 2. The summed E-state index contributed by atoms with van der Waals surface area (Å²) in [5, 5.41) is 9.44. The van der Waals surface area contributed by atoms with Gasteiger partial charge in [-0.05, 0) is 26.3 Å². The summed E-state index contributed by atoms with van der Waals surface area (Å²) in [5.74, 6) is -1.69. The fourth-order valence-corrected chi connectivity index (χ4v) is 1.99. The fourth-order valence-electron chi connectivity index (χ4n) is 1.99. The van der Waals surface area contributed by atoms with Crippen LogP contribution in [0.5, 0.6) is 0 Å². The lowest BCUT2D eigenvalue weighted by Crippen LogP contribution is -2.45. The molecular weight excluding hydrogens is 328 g/mol. The SMILES string of the molecule is CO[C@@H](C(=O)N[C@@H](CCC(=O)C=N)C(=O)OC(C)C)c1ccncn1. The summed E-state index contributed by atoms with van der Waals surface area (Å²) in [4.78, 5) is 43.7. The molecular formula is C16H22N4O5. The second kappa shape index (κ2) is 10.2. The number of nitrogens with one attached hydrogen (secondary N) is 2. The molecule has 0 aromatic carbocycles. The van der Waals surface area contributed by atoms with Gasteiger partial charge >= 0.3 is 5.97 Å². The first kappa shape index (κ1) is 20.4. The van der Waals surface area contributed by atoms with Gasteiger partial charge in [-0.25, -0.2) is 14.8 Å². The lowest BCUT2D eigenvalue weighted by Gasteiger charge is -2.21. The summed E-state index contributed by atoms with van der Waals surface area (Å²) >= 11 is 0. The number of methoxy groups -OCH3 is 1. The number of Topliss-reactive ketones (excluding diaryl/α,β-unsaturated/α-hetero) is 1. The van der Waals surface area contributed by atoms with Crippen molar-refractivity contribution in [1.29, 1.82) is 5.41 Å². The molecule has 2 N–H and O–H groups in total. The number of rotatable bonds is 10. The third kappa shape index (κ3) is 6.76. The quantitative estimate of drug-likeness (QED) is 0.466. The van der Waals surface area contributed by atoms with E-state index in [1.807, 2.05) is 0 Å². The molecule has 0 saturated carbocycles. The lowest BCUT2D eigenvalue weighted by atomic mass is 10.1. The van der Waals surface area contributed by atoms with Crippen LogP contribution in [-0.2, 0) is 23.9 Å². The molecule has 25 heavy (non-hydrogen) atoms. The number of aromatic nitrogens is 2. The molecule has 0 aliphatic carbocycles. The van der Waals surface area contributed by atoms with Gasteiger partial charge in [0.2, 0.25) is 0 Å². The number of nitrogens with zero attached hydrogens (tertiary/aromatic N) is 2. The molecule has 0 radical (unpaired) electrons. The van der Waals surface area contributed by atoms with Crippen molar-refractivity contribution < 1.29 is 23.9 Å². The molecule has 136 valence electrons. The van der Waals surface area contributed by atoms with Crippen molar-refractivity contribution in [2.75, 3.05) is 7.11 Å². The van der Waals surface area contributed by atoms with Gasteiger partial charge in [-0.1, -0.05) is 0 Å². The maximum Gasteiger partial charge on any atom is 0.328 e. The van der Waals surface area contributed by atoms with E-state index in [4.69, 9.17) is 14.9 Å². The van der Waals surface area contributed by atoms with Gasteiger partial charge in [0.05, 0.1) is 18.0 Å². The van der Waals surface area contributed by atoms with Crippen molar-refractivity contribution >= 4 is 23.9 Å². The largest absolute Gasteiger partial charge is 0.461 e. The summed E-state index contributed by atoms with van der Waals surface area (Å²) in [6, 6.07) is 0.492. The second-order valence-electron chi connectivity index (χ2n) is 5.45. The molecule has 0 aliphatic heterocycles. The van der Waals surface area contributed by atoms with Crippen LogP contribution in [0, 0.1) is 5.41 Å². The zero-order valence-electron chi connectivity index (χ0n) is 14.4. The number of esters is 1. The Kier molecular flexibility index (Phi) is 8.34. The summed E-state index contributed by atoms with van der Waals surface area (Å²) in [6.45, 7) is 3.36. The average molecular weight is 350 g/mol. The molecule has 0 aliphatic rings. The van der Waals surface area contributed by atoms with Crippen LogP contribution in [0.15, 0.2) is 18.6 Å². The molecule has 1 amide bonds. The predicted molar refractivity (Wildman–Crippen MR) is 88.0 cm³/mol. The topological polar surface area (TPSA) is 131 Å². The average Bonchev–Trinajstić information content (AvgIpc) is 2.59. The Balaban J connectivity index is 2.86. The van der Waals surface area contributed by atoms with Crippen LogP contribution in [0.3, 0.4) is 0 Å². The van der Waals surface area contributed by atoms with Gasteiger partial charge in [0.15, 0.2) is 11.9 Å². The number of ether oxygens (including phenoxy) is 2. The summed E-state index contributed by atoms with van der Waals surface area (Å²) in [6.07, 6.45) is 1.97. The summed E-state index contributed by atoms with van der Waals surface area (Å²) < 4.78 is 10.3. The van der Waals surface area contributed by atoms with Gasteiger partial charge in [0.1, 0.15) is 12.4 Å². The monoisotopic (exact) mass is 350 g/mol. The van der Waals surface area contributed by atoms with Gasteiger partial charge < -0.3 is 20.2 Å². The van der Waals surface area contributed by atoms with Gasteiger partial charge in [-0.15, -0.1) is 0 Å².